The molecule has 0 aliphatic rings. The number of ether oxygens (including phenoxy) is 2. The van der Waals surface area contributed by atoms with E-state index in [1.807, 2.05) is 0 Å². The molecule has 1 aromatic carbocycles. The Hall–Kier alpha value is -2.63. The van der Waals surface area contributed by atoms with Crippen molar-refractivity contribution in [1.29, 1.82) is 0 Å². The van der Waals surface area contributed by atoms with Gasteiger partial charge in [0.05, 0.1) is 0 Å². The predicted octanol–water partition coefficient (Wildman–Crippen LogP) is 1.64. The van der Waals surface area contributed by atoms with Gasteiger partial charge in [0.1, 0.15) is 0 Å². The van der Waals surface area contributed by atoms with E-state index in [0.29, 0.717) is 5.56 Å². The SMILES string of the molecule is CC(=O)Oc1ccc([13CH]=[13CH][13C](=O)O)cc1OC(C)=O. The molecule has 0 bridgehead atoms. The first-order valence-corrected chi connectivity index (χ1v) is 5.30. The van der Waals surface area contributed by atoms with Crippen LogP contribution in [0.5, 0.6) is 11.5 Å². The van der Waals surface area contributed by atoms with Gasteiger partial charge in [0.2, 0.25) is 0 Å². The number of carboxylic acids is 1. The third kappa shape index (κ3) is 5.03. The van der Waals surface area contributed by atoms with Crippen LogP contribution in [0, 0.1) is 0 Å². The van der Waals surface area contributed by atoms with Gasteiger partial charge in [-0.2, -0.15) is 0 Å². The molecule has 0 atom stereocenters. The maximum absolute atomic E-state index is 11.0. The highest BCUT2D eigenvalue weighted by molar-refractivity contribution is 5.85. The van der Waals surface area contributed by atoms with Crippen molar-refractivity contribution in [2.45, 2.75) is 13.8 Å². The fourth-order valence-corrected chi connectivity index (χ4v) is 1.27. The molecule has 1 N–H and O–H groups in total. The largest absolute Gasteiger partial charge is 0.478 e. The van der Waals surface area contributed by atoms with Crippen molar-refractivity contribution in [2.75, 3.05) is 0 Å². The average molecular weight is 267 g/mol. The van der Waals surface area contributed by atoms with E-state index in [-0.39, 0.29) is 11.5 Å². The first-order chi connectivity index (χ1) is 8.88. The van der Waals surface area contributed by atoms with Crippen LogP contribution < -0.4 is 9.47 Å². The molecule has 0 saturated carbocycles. The lowest BCUT2D eigenvalue weighted by molar-refractivity contribution is -0.134. The first-order valence-electron chi connectivity index (χ1n) is 5.30. The number of rotatable bonds is 4. The van der Waals surface area contributed by atoms with Crippen molar-refractivity contribution >= 4 is 24.0 Å². The molecule has 0 saturated heterocycles. The number of benzene rings is 1. The van der Waals surface area contributed by atoms with E-state index in [4.69, 9.17) is 14.6 Å². The number of hydrogen-bond acceptors (Lipinski definition) is 5. The molecule has 0 aliphatic heterocycles. The fraction of sp³-hybridized carbons (Fsp3) is 0.154. The summed E-state index contributed by atoms with van der Waals surface area (Å²) in [6.45, 7) is 2.42. The minimum atomic E-state index is -1.10. The third-order valence-corrected chi connectivity index (χ3v) is 1.89. The molecule has 0 radical (unpaired) electrons. The van der Waals surface area contributed by atoms with Crippen molar-refractivity contribution in [2.24, 2.45) is 0 Å². The zero-order valence-electron chi connectivity index (χ0n) is 10.4. The molecule has 1 rings (SSSR count). The highest BCUT2D eigenvalue weighted by Gasteiger charge is 2.10. The van der Waals surface area contributed by atoms with Gasteiger partial charge in [0.15, 0.2) is 11.5 Å². The summed E-state index contributed by atoms with van der Waals surface area (Å²) in [5, 5.41) is 8.52. The molecule has 19 heavy (non-hydrogen) atoms. The van der Waals surface area contributed by atoms with Crippen LogP contribution in [0.25, 0.3) is 6.08 Å². The Morgan fingerprint density at radius 2 is 1.63 bits per heavy atom. The molecule has 0 fully saturated rings. The van der Waals surface area contributed by atoms with Crippen molar-refractivity contribution in [1.82, 2.24) is 0 Å². The lowest BCUT2D eigenvalue weighted by Gasteiger charge is -2.09. The molecule has 6 nitrogen and oxygen atoms in total. The highest BCUT2D eigenvalue weighted by Crippen LogP contribution is 2.29. The fourth-order valence-electron chi connectivity index (χ4n) is 1.27. The third-order valence-electron chi connectivity index (χ3n) is 1.89. The standard InChI is InChI=1S/C13H12O6/c1-8(14)18-11-5-3-10(4-6-13(16)17)7-12(11)19-9(2)15/h3-7H,1-2H3,(H,16,17)/i4+1,6+1,13+1. The highest BCUT2D eigenvalue weighted by atomic mass is 16.6. The zero-order valence-corrected chi connectivity index (χ0v) is 10.4. The number of carbonyl (C=O) groups excluding carboxylic acids is 2. The number of esters is 2. The minimum Gasteiger partial charge on any atom is -0.478 e. The summed E-state index contributed by atoms with van der Waals surface area (Å²) in [7, 11) is 0. The summed E-state index contributed by atoms with van der Waals surface area (Å²) in [6.07, 6.45) is 2.27. The minimum absolute atomic E-state index is 0.0511. The normalized spacial score (nSPS) is 10.2. The number of carboxylic acid groups (broad SMARTS) is 1. The smallest absolute Gasteiger partial charge is 0.328 e. The van der Waals surface area contributed by atoms with Crippen molar-refractivity contribution in [3.05, 3.63) is 29.8 Å². The second-order valence-electron chi connectivity index (χ2n) is 3.57. The topological polar surface area (TPSA) is 89.9 Å². The van der Waals surface area contributed by atoms with Crippen LogP contribution in [-0.4, -0.2) is 23.0 Å². The number of hydrogen-bond donors (Lipinski definition) is 1. The molecule has 6 heteroatoms. The van der Waals surface area contributed by atoms with E-state index in [1.165, 1.54) is 38.1 Å². The van der Waals surface area contributed by atoms with E-state index >= 15 is 0 Å². The van der Waals surface area contributed by atoms with Crippen LogP contribution in [0.3, 0.4) is 0 Å². The van der Waals surface area contributed by atoms with E-state index in [9.17, 15) is 14.4 Å². The molecule has 0 aliphatic carbocycles. The number of carbonyl (C=O) groups is 3. The summed E-state index contributed by atoms with van der Waals surface area (Å²) in [5.74, 6) is -2.08. The van der Waals surface area contributed by atoms with Gasteiger partial charge in [0, 0.05) is 19.9 Å². The maximum Gasteiger partial charge on any atom is 0.328 e. The summed E-state index contributed by atoms with van der Waals surface area (Å²) < 4.78 is 9.77. The van der Waals surface area contributed by atoms with Crippen molar-refractivity contribution < 1.29 is 29.0 Å². The molecular formula is C13H12O6. The summed E-state index contributed by atoms with van der Waals surface area (Å²) >= 11 is 0. The second-order valence-corrected chi connectivity index (χ2v) is 3.57. The Labute approximate surface area is 109 Å². The van der Waals surface area contributed by atoms with E-state index in [2.05, 4.69) is 0 Å². The lowest BCUT2D eigenvalue weighted by atomic mass is 10.2. The molecule has 0 unspecified atom stereocenters. The molecule has 100 valence electrons. The molecule has 0 aromatic heterocycles. The van der Waals surface area contributed by atoms with Gasteiger partial charge in [-0.3, -0.25) is 9.59 Å². The van der Waals surface area contributed by atoms with Crippen LogP contribution >= 0.6 is 0 Å². The Bertz CT molecular complexity index is 544. The molecule has 0 spiro atoms. The maximum atomic E-state index is 11.0. The number of aliphatic carboxylic acids is 1. The summed E-state index contributed by atoms with van der Waals surface area (Å²) in [6, 6.07) is 4.35. The van der Waals surface area contributed by atoms with Crippen LogP contribution in [0.1, 0.15) is 19.4 Å². The van der Waals surface area contributed by atoms with Gasteiger partial charge >= 0.3 is 17.9 Å². The molecular weight excluding hydrogens is 255 g/mol. The summed E-state index contributed by atoms with van der Waals surface area (Å²) in [5.41, 5.74) is 0.495. The van der Waals surface area contributed by atoms with Crippen LogP contribution in [-0.2, 0) is 14.4 Å². The zero-order chi connectivity index (χ0) is 14.4. The van der Waals surface area contributed by atoms with Gasteiger partial charge in [-0.05, 0) is 23.8 Å². The van der Waals surface area contributed by atoms with Crippen LogP contribution in [0.4, 0.5) is 0 Å². The monoisotopic (exact) mass is 267 g/mol. The Morgan fingerprint density at radius 3 is 2.16 bits per heavy atom. The van der Waals surface area contributed by atoms with Crippen LogP contribution in [0.2, 0.25) is 0 Å². The van der Waals surface area contributed by atoms with Crippen molar-refractivity contribution in [3.63, 3.8) is 0 Å². The Morgan fingerprint density at radius 1 is 1.05 bits per heavy atom. The molecule has 0 amide bonds. The first kappa shape index (κ1) is 14.4. The summed E-state index contributed by atoms with van der Waals surface area (Å²) in [4.78, 5) is 32.3. The Kier molecular flexibility index (Phi) is 4.82. The van der Waals surface area contributed by atoms with Gasteiger partial charge in [-0.1, -0.05) is 6.07 Å². The lowest BCUT2D eigenvalue weighted by Crippen LogP contribution is -2.07. The molecule has 0 heterocycles. The molecule has 1 aromatic rings. The predicted molar refractivity (Wildman–Crippen MR) is 65.7 cm³/mol. The Balaban J connectivity index is 3.10. The second kappa shape index (κ2) is 6.34. The quantitative estimate of drug-likeness (QED) is 0.386. The van der Waals surface area contributed by atoms with Gasteiger partial charge in [0.25, 0.3) is 0 Å². The van der Waals surface area contributed by atoms with Gasteiger partial charge in [-0.25, -0.2) is 4.79 Å². The van der Waals surface area contributed by atoms with E-state index in [0.717, 1.165) is 6.08 Å². The van der Waals surface area contributed by atoms with Gasteiger partial charge < -0.3 is 14.6 Å². The van der Waals surface area contributed by atoms with Crippen LogP contribution in [0.15, 0.2) is 24.3 Å². The van der Waals surface area contributed by atoms with Gasteiger partial charge in [-0.15, -0.1) is 0 Å². The average Bonchev–Trinajstić information content (AvgIpc) is 2.28. The van der Waals surface area contributed by atoms with E-state index in [1.54, 1.807) is 0 Å². The van der Waals surface area contributed by atoms with E-state index < -0.39 is 17.9 Å². The van der Waals surface area contributed by atoms with Crippen molar-refractivity contribution in [3.8, 4) is 11.5 Å².